The standard InChI is InChI=1S/C20H23N5O2/c26-19-11-10-17(23-24(19)14-15-6-2-1-3-7-15)20(27)22-18-12-13-21-25(18)16-8-4-5-9-16/h1-3,6-7,12-13,16H,4-5,8-11,14H2,(H,22,27). The van der Waals surface area contributed by atoms with E-state index >= 15 is 0 Å². The molecule has 2 amide bonds. The summed E-state index contributed by atoms with van der Waals surface area (Å²) in [6, 6.07) is 11.8. The third kappa shape index (κ3) is 3.92. The second-order valence-electron chi connectivity index (χ2n) is 7.04. The van der Waals surface area contributed by atoms with Crippen molar-refractivity contribution in [2.24, 2.45) is 5.10 Å². The van der Waals surface area contributed by atoms with Crippen LogP contribution in [0.5, 0.6) is 0 Å². The number of aromatic nitrogens is 2. The van der Waals surface area contributed by atoms with Crippen LogP contribution in [0.4, 0.5) is 5.82 Å². The largest absolute Gasteiger partial charge is 0.306 e. The van der Waals surface area contributed by atoms with Gasteiger partial charge in [-0.25, -0.2) is 9.69 Å². The molecule has 1 aromatic heterocycles. The average Bonchev–Trinajstić information content (AvgIpc) is 3.36. The molecule has 1 aliphatic heterocycles. The van der Waals surface area contributed by atoms with Crippen molar-refractivity contribution in [1.82, 2.24) is 14.8 Å². The summed E-state index contributed by atoms with van der Waals surface area (Å²) in [5.74, 6) is 0.368. The fraction of sp³-hybridized carbons (Fsp3) is 0.400. The van der Waals surface area contributed by atoms with Gasteiger partial charge in [0.15, 0.2) is 0 Å². The lowest BCUT2D eigenvalue weighted by Crippen LogP contribution is -2.36. The topological polar surface area (TPSA) is 79.6 Å². The van der Waals surface area contributed by atoms with Crippen molar-refractivity contribution in [3.8, 4) is 0 Å². The van der Waals surface area contributed by atoms with E-state index in [-0.39, 0.29) is 11.8 Å². The first kappa shape index (κ1) is 17.5. The zero-order chi connectivity index (χ0) is 18.6. The molecule has 2 heterocycles. The zero-order valence-corrected chi connectivity index (χ0v) is 15.2. The van der Waals surface area contributed by atoms with Gasteiger partial charge in [0, 0.05) is 18.9 Å². The van der Waals surface area contributed by atoms with Gasteiger partial charge >= 0.3 is 0 Å². The van der Waals surface area contributed by atoms with E-state index in [0.717, 1.165) is 18.4 Å². The number of benzene rings is 1. The third-order valence-electron chi connectivity index (χ3n) is 5.12. The number of carbonyl (C=O) groups is 2. The predicted molar refractivity (Wildman–Crippen MR) is 102 cm³/mol. The van der Waals surface area contributed by atoms with Crippen LogP contribution >= 0.6 is 0 Å². The normalized spacial score (nSPS) is 17.9. The SMILES string of the molecule is O=C(Nc1ccnn1C1CCCC1)C1=NN(Cc2ccccc2)C(=O)CC1. The Morgan fingerprint density at radius 1 is 1.11 bits per heavy atom. The highest BCUT2D eigenvalue weighted by molar-refractivity contribution is 6.43. The average molecular weight is 365 g/mol. The zero-order valence-electron chi connectivity index (χ0n) is 15.2. The molecule has 7 heteroatoms. The van der Waals surface area contributed by atoms with E-state index in [1.54, 1.807) is 6.20 Å². The number of anilines is 1. The maximum Gasteiger partial charge on any atom is 0.273 e. The summed E-state index contributed by atoms with van der Waals surface area (Å²) in [6.07, 6.45) is 6.93. The van der Waals surface area contributed by atoms with Gasteiger partial charge in [0.2, 0.25) is 5.91 Å². The van der Waals surface area contributed by atoms with Gasteiger partial charge in [-0.05, 0) is 18.4 Å². The molecule has 1 saturated carbocycles. The molecule has 0 unspecified atom stereocenters. The molecule has 1 aliphatic carbocycles. The summed E-state index contributed by atoms with van der Waals surface area (Å²) in [5.41, 5.74) is 1.36. The van der Waals surface area contributed by atoms with Crippen LogP contribution in [0.2, 0.25) is 0 Å². The molecule has 1 fully saturated rings. The van der Waals surface area contributed by atoms with Gasteiger partial charge in [-0.3, -0.25) is 9.59 Å². The second kappa shape index (κ2) is 7.73. The van der Waals surface area contributed by atoms with E-state index in [4.69, 9.17) is 0 Å². The van der Waals surface area contributed by atoms with Crippen LogP contribution in [0.25, 0.3) is 0 Å². The quantitative estimate of drug-likeness (QED) is 0.884. The molecule has 1 N–H and O–H groups in total. The van der Waals surface area contributed by atoms with E-state index in [2.05, 4.69) is 15.5 Å². The molecule has 4 rings (SSSR count). The lowest BCUT2D eigenvalue weighted by molar-refractivity contribution is -0.132. The minimum Gasteiger partial charge on any atom is -0.306 e. The van der Waals surface area contributed by atoms with Gasteiger partial charge in [-0.2, -0.15) is 10.2 Å². The molecular weight excluding hydrogens is 342 g/mol. The Morgan fingerprint density at radius 2 is 1.89 bits per heavy atom. The molecule has 140 valence electrons. The smallest absolute Gasteiger partial charge is 0.273 e. The highest BCUT2D eigenvalue weighted by Crippen LogP contribution is 2.31. The molecule has 0 bridgehead atoms. The van der Waals surface area contributed by atoms with E-state index in [1.165, 1.54) is 17.9 Å². The van der Waals surface area contributed by atoms with Gasteiger partial charge in [-0.15, -0.1) is 0 Å². The Kier molecular flexibility index (Phi) is 5.00. The Balaban J connectivity index is 1.47. The van der Waals surface area contributed by atoms with Crippen LogP contribution in [-0.4, -0.2) is 32.3 Å². The van der Waals surface area contributed by atoms with Gasteiger partial charge in [0.25, 0.3) is 5.91 Å². The van der Waals surface area contributed by atoms with Crippen molar-refractivity contribution in [2.75, 3.05) is 5.32 Å². The Hall–Kier alpha value is -2.96. The number of nitrogens with zero attached hydrogens (tertiary/aromatic N) is 4. The number of nitrogens with one attached hydrogen (secondary N) is 1. The maximum absolute atomic E-state index is 12.7. The van der Waals surface area contributed by atoms with Crippen molar-refractivity contribution in [3.63, 3.8) is 0 Å². The number of hydrazone groups is 1. The number of amides is 2. The Labute approximate surface area is 158 Å². The highest BCUT2D eigenvalue weighted by Gasteiger charge is 2.26. The van der Waals surface area contributed by atoms with E-state index in [0.29, 0.717) is 37.0 Å². The van der Waals surface area contributed by atoms with Crippen molar-refractivity contribution in [2.45, 2.75) is 51.1 Å². The van der Waals surface area contributed by atoms with Crippen LogP contribution in [0.15, 0.2) is 47.7 Å². The minimum atomic E-state index is -0.264. The molecular formula is C20H23N5O2. The lowest BCUT2D eigenvalue weighted by atomic mass is 10.1. The first-order valence-electron chi connectivity index (χ1n) is 9.47. The van der Waals surface area contributed by atoms with Gasteiger partial charge in [-0.1, -0.05) is 43.2 Å². The Morgan fingerprint density at radius 3 is 2.67 bits per heavy atom. The van der Waals surface area contributed by atoms with Crippen molar-refractivity contribution < 1.29 is 9.59 Å². The summed E-state index contributed by atoms with van der Waals surface area (Å²) in [4.78, 5) is 24.9. The fourth-order valence-corrected chi connectivity index (χ4v) is 3.69. The number of hydrogen-bond acceptors (Lipinski definition) is 4. The van der Waals surface area contributed by atoms with Gasteiger partial charge in [0.1, 0.15) is 11.5 Å². The predicted octanol–water partition coefficient (Wildman–Crippen LogP) is 3.12. The molecule has 27 heavy (non-hydrogen) atoms. The summed E-state index contributed by atoms with van der Waals surface area (Å²) in [5, 5.41) is 13.0. The van der Waals surface area contributed by atoms with Gasteiger partial charge < -0.3 is 5.32 Å². The second-order valence-corrected chi connectivity index (χ2v) is 7.04. The van der Waals surface area contributed by atoms with Crippen LogP contribution in [0.1, 0.15) is 50.1 Å². The molecule has 0 spiro atoms. The maximum atomic E-state index is 12.7. The minimum absolute atomic E-state index is 0.0635. The lowest BCUT2D eigenvalue weighted by Gasteiger charge is -2.23. The van der Waals surface area contributed by atoms with Crippen LogP contribution in [0, 0.1) is 0 Å². The number of rotatable bonds is 5. The highest BCUT2D eigenvalue weighted by atomic mass is 16.2. The van der Waals surface area contributed by atoms with Crippen molar-refractivity contribution >= 4 is 23.3 Å². The molecule has 1 aromatic carbocycles. The molecule has 0 radical (unpaired) electrons. The van der Waals surface area contributed by atoms with E-state index < -0.39 is 0 Å². The first-order valence-corrected chi connectivity index (χ1v) is 9.47. The molecule has 2 aromatic rings. The van der Waals surface area contributed by atoms with Gasteiger partial charge in [0.05, 0.1) is 18.8 Å². The summed E-state index contributed by atoms with van der Waals surface area (Å²) >= 11 is 0. The van der Waals surface area contributed by atoms with Crippen LogP contribution in [-0.2, 0) is 16.1 Å². The first-order chi connectivity index (χ1) is 13.2. The number of hydrogen-bond donors (Lipinski definition) is 1. The fourth-order valence-electron chi connectivity index (χ4n) is 3.69. The van der Waals surface area contributed by atoms with E-state index in [1.807, 2.05) is 41.1 Å². The summed E-state index contributed by atoms with van der Waals surface area (Å²) in [6.45, 7) is 0.371. The third-order valence-corrected chi connectivity index (χ3v) is 5.12. The molecule has 7 nitrogen and oxygen atoms in total. The van der Waals surface area contributed by atoms with E-state index in [9.17, 15) is 9.59 Å². The molecule has 0 atom stereocenters. The van der Waals surface area contributed by atoms with Crippen molar-refractivity contribution in [3.05, 3.63) is 48.2 Å². The van der Waals surface area contributed by atoms with Crippen molar-refractivity contribution in [1.29, 1.82) is 0 Å². The molecule has 0 saturated heterocycles. The molecule has 2 aliphatic rings. The summed E-state index contributed by atoms with van der Waals surface area (Å²) in [7, 11) is 0. The van der Waals surface area contributed by atoms with Crippen LogP contribution in [0.3, 0.4) is 0 Å². The summed E-state index contributed by atoms with van der Waals surface area (Å²) < 4.78 is 1.90. The number of carbonyl (C=O) groups excluding carboxylic acids is 2. The Bertz CT molecular complexity index is 852. The van der Waals surface area contributed by atoms with Crippen LogP contribution < -0.4 is 5.32 Å². The monoisotopic (exact) mass is 365 g/mol.